The van der Waals surface area contributed by atoms with Gasteiger partial charge >= 0.3 is 6.18 Å². The van der Waals surface area contributed by atoms with E-state index in [2.05, 4.69) is 15.5 Å². The maximum atomic E-state index is 12.6. The average Bonchev–Trinajstić information content (AvgIpc) is 3.39. The Bertz CT molecular complexity index is 1000. The lowest BCUT2D eigenvalue weighted by atomic mass is 10.1. The lowest BCUT2D eigenvalue weighted by molar-refractivity contribution is -0.138. The zero-order valence-corrected chi connectivity index (χ0v) is 15.5. The Balaban J connectivity index is 1.51. The van der Waals surface area contributed by atoms with Crippen LogP contribution in [0.2, 0.25) is 0 Å². The molecule has 2 aliphatic rings. The molecule has 0 bridgehead atoms. The molecule has 3 heterocycles. The lowest BCUT2D eigenvalue weighted by Crippen LogP contribution is -2.36. The molecule has 29 heavy (non-hydrogen) atoms. The second kappa shape index (κ2) is 7.19. The zero-order valence-electron chi connectivity index (χ0n) is 14.7. The van der Waals surface area contributed by atoms with Gasteiger partial charge in [0.2, 0.25) is 10.1 Å². The van der Waals surface area contributed by atoms with E-state index >= 15 is 0 Å². The van der Waals surface area contributed by atoms with Gasteiger partial charge in [-0.3, -0.25) is 24.6 Å². The fourth-order valence-corrected chi connectivity index (χ4v) is 3.75. The molecule has 1 aromatic carbocycles. The smallest absolute Gasteiger partial charge is 0.376 e. The molecule has 8 nitrogen and oxygen atoms in total. The van der Waals surface area contributed by atoms with Crippen LogP contribution in [0.4, 0.5) is 18.3 Å². The highest BCUT2D eigenvalue weighted by atomic mass is 32.1. The van der Waals surface area contributed by atoms with Crippen molar-refractivity contribution in [2.24, 2.45) is 0 Å². The van der Waals surface area contributed by atoms with Gasteiger partial charge in [0.15, 0.2) is 0 Å². The number of aromatic nitrogens is 2. The molecule has 4 rings (SSSR count). The molecule has 0 radical (unpaired) electrons. The fraction of sp³-hybridized carbons (Fsp3) is 0.353. The number of amides is 3. The summed E-state index contributed by atoms with van der Waals surface area (Å²) < 4.78 is 43.2. The number of ether oxygens (including phenoxy) is 1. The molecule has 3 amide bonds. The van der Waals surface area contributed by atoms with E-state index < -0.39 is 28.9 Å². The third-order valence-electron chi connectivity index (χ3n) is 4.53. The number of nitrogens with one attached hydrogen (secondary N) is 1. The minimum Gasteiger partial charge on any atom is -0.376 e. The molecular formula is C17H13F3N4O4S. The highest BCUT2D eigenvalue weighted by Crippen LogP contribution is 2.33. The zero-order chi connectivity index (χ0) is 20.8. The van der Waals surface area contributed by atoms with Crippen molar-refractivity contribution < 1.29 is 32.3 Å². The summed E-state index contributed by atoms with van der Waals surface area (Å²) in [6, 6.07) is 3.91. The first-order valence-corrected chi connectivity index (χ1v) is 9.39. The van der Waals surface area contributed by atoms with Gasteiger partial charge in [0, 0.05) is 12.2 Å². The Hall–Kier alpha value is -2.86. The van der Waals surface area contributed by atoms with Crippen LogP contribution in [-0.4, -0.2) is 52.1 Å². The summed E-state index contributed by atoms with van der Waals surface area (Å²) in [4.78, 5) is 38.5. The van der Waals surface area contributed by atoms with Crippen LogP contribution < -0.4 is 5.32 Å². The van der Waals surface area contributed by atoms with Crippen molar-refractivity contribution in [1.82, 2.24) is 15.1 Å². The summed E-state index contributed by atoms with van der Waals surface area (Å²) in [5.74, 6) is -1.77. The highest BCUT2D eigenvalue weighted by Gasteiger charge is 2.38. The molecule has 12 heteroatoms. The molecule has 152 valence electrons. The summed E-state index contributed by atoms with van der Waals surface area (Å²) >= 11 is 0.185. The van der Waals surface area contributed by atoms with Crippen molar-refractivity contribution in [3.63, 3.8) is 0 Å². The number of alkyl halides is 3. The van der Waals surface area contributed by atoms with Gasteiger partial charge in [0.1, 0.15) is 0 Å². The molecule has 2 aliphatic heterocycles. The molecule has 1 saturated heterocycles. The van der Waals surface area contributed by atoms with E-state index in [1.54, 1.807) is 0 Å². The Morgan fingerprint density at radius 2 is 2.00 bits per heavy atom. The predicted octanol–water partition coefficient (Wildman–Crippen LogP) is 2.58. The van der Waals surface area contributed by atoms with E-state index in [9.17, 15) is 27.6 Å². The van der Waals surface area contributed by atoms with Crippen molar-refractivity contribution in [3.05, 3.63) is 39.9 Å². The van der Waals surface area contributed by atoms with Crippen LogP contribution in [0.25, 0.3) is 0 Å². The predicted molar refractivity (Wildman–Crippen MR) is 93.6 cm³/mol. The van der Waals surface area contributed by atoms with E-state index in [4.69, 9.17) is 4.74 Å². The Morgan fingerprint density at radius 1 is 1.24 bits per heavy atom. The number of anilines is 1. The van der Waals surface area contributed by atoms with Crippen LogP contribution in [0.1, 0.15) is 48.9 Å². The number of carbonyl (C=O) groups excluding carboxylic acids is 3. The monoisotopic (exact) mass is 426 g/mol. The summed E-state index contributed by atoms with van der Waals surface area (Å²) in [7, 11) is 0. The number of imide groups is 1. The van der Waals surface area contributed by atoms with Crippen molar-refractivity contribution in [3.8, 4) is 0 Å². The van der Waals surface area contributed by atoms with Gasteiger partial charge in [-0.25, -0.2) is 0 Å². The average molecular weight is 426 g/mol. The largest absolute Gasteiger partial charge is 0.445 e. The number of halogens is 3. The fourth-order valence-electron chi connectivity index (χ4n) is 3.15. The summed E-state index contributed by atoms with van der Waals surface area (Å²) in [6.07, 6.45) is -3.25. The van der Waals surface area contributed by atoms with E-state index in [1.165, 1.54) is 18.2 Å². The lowest BCUT2D eigenvalue weighted by Gasteiger charge is -2.17. The van der Waals surface area contributed by atoms with E-state index in [1.807, 2.05) is 0 Å². The minimum atomic E-state index is -4.66. The second-order valence-corrected chi connectivity index (χ2v) is 7.46. The van der Waals surface area contributed by atoms with Crippen molar-refractivity contribution in [2.75, 3.05) is 18.5 Å². The molecule has 1 N–H and O–H groups in total. The van der Waals surface area contributed by atoms with E-state index in [0.29, 0.717) is 6.61 Å². The molecular weight excluding hydrogens is 413 g/mol. The number of carbonyl (C=O) groups is 3. The summed E-state index contributed by atoms with van der Waals surface area (Å²) in [5, 5.41) is 6.97. The van der Waals surface area contributed by atoms with Gasteiger partial charge in [-0.2, -0.15) is 13.2 Å². The maximum Gasteiger partial charge on any atom is 0.445 e. The molecule has 1 atom stereocenters. The van der Waals surface area contributed by atoms with Crippen LogP contribution in [0, 0.1) is 0 Å². The molecule has 0 saturated carbocycles. The molecule has 1 fully saturated rings. The standard InChI is InChI=1S/C17H13F3N4O4S/c18-17(19,20)15-22-23-16(29-15)21-12(25)8-3-4-10-11(6-8)14(27)24(13(10)26)7-9-2-1-5-28-9/h3-4,6,9H,1-2,5,7H2,(H,21,23,25). The first-order chi connectivity index (χ1) is 13.7. The van der Waals surface area contributed by atoms with Crippen LogP contribution >= 0.6 is 11.3 Å². The normalized spacial score (nSPS) is 19.0. The first-order valence-electron chi connectivity index (χ1n) is 8.58. The SMILES string of the molecule is O=C(Nc1nnc(C(F)(F)F)s1)c1ccc2c(c1)C(=O)N(CC1CCCO1)C2=O. The second-order valence-electron chi connectivity index (χ2n) is 6.48. The quantitative estimate of drug-likeness (QED) is 0.755. The molecule has 0 spiro atoms. The molecule has 1 aromatic heterocycles. The highest BCUT2D eigenvalue weighted by molar-refractivity contribution is 7.15. The molecule has 2 aromatic rings. The van der Waals surface area contributed by atoms with Crippen LogP contribution in [0.5, 0.6) is 0 Å². The van der Waals surface area contributed by atoms with Gasteiger partial charge in [0.05, 0.1) is 23.8 Å². The molecule has 1 unspecified atom stereocenters. The van der Waals surface area contributed by atoms with Crippen molar-refractivity contribution >= 4 is 34.2 Å². The van der Waals surface area contributed by atoms with Gasteiger partial charge in [-0.05, 0) is 31.0 Å². The Morgan fingerprint density at radius 3 is 2.66 bits per heavy atom. The third kappa shape index (κ3) is 3.72. The number of fused-ring (bicyclic) bond motifs is 1. The van der Waals surface area contributed by atoms with E-state index in [-0.39, 0.29) is 45.8 Å². The van der Waals surface area contributed by atoms with Crippen LogP contribution in [-0.2, 0) is 10.9 Å². The van der Waals surface area contributed by atoms with Gasteiger partial charge in [0.25, 0.3) is 17.7 Å². The topological polar surface area (TPSA) is 101 Å². The Labute approximate surface area is 165 Å². The summed E-state index contributed by atoms with van der Waals surface area (Å²) in [6.45, 7) is 0.721. The van der Waals surface area contributed by atoms with E-state index in [0.717, 1.165) is 17.7 Å². The Kier molecular flexibility index (Phi) is 4.82. The van der Waals surface area contributed by atoms with Crippen molar-refractivity contribution in [2.45, 2.75) is 25.1 Å². The first kappa shape index (κ1) is 19.5. The van der Waals surface area contributed by atoms with Gasteiger partial charge in [-0.15, -0.1) is 10.2 Å². The minimum absolute atomic E-state index is 0.00706. The van der Waals surface area contributed by atoms with Gasteiger partial charge in [-0.1, -0.05) is 11.3 Å². The van der Waals surface area contributed by atoms with Crippen molar-refractivity contribution in [1.29, 1.82) is 0 Å². The van der Waals surface area contributed by atoms with Crippen LogP contribution in [0.15, 0.2) is 18.2 Å². The number of hydrogen-bond acceptors (Lipinski definition) is 7. The third-order valence-corrected chi connectivity index (χ3v) is 5.41. The number of hydrogen-bond donors (Lipinski definition) is 1. The molecule has 0 aliphatic carbocycles. The number of rotatable bonds is 4. The number of nitrogens with zero attached hydrogens (tertiary/aromatic N) is 3. The van der Waals surface area contributed by atoms with Gasteiger partial charge < -0.3 is 4.74 Å². The maximum absolute atomic E-state index is 12.6. The summed E-state index contributed by atoms with van der Waals surface area (Å²) in [5.41, 5.74) is 0.237. The number of benzene rings is 1. The van der Waals surface area contributed by atoms with Crippen LogP contribution in [0.3, 0.4) is 0 Å².